The summed E-state index contributed by atoms with van der Waals surface area (Å²) >= 11 is 1.75. The monoisotopic (exact) mass is 352 g/mol. The van der Waals surface area contributed by atoms with Gasteiger partial charge in [-0.3, -0.25) is 0 Å². The third-order valence-electron chi connectivity index (χ3n) is 3.91. The van der Waals surface area contributed by atoms with Crippen LogP contribution in [0.1, 0.15) is 29.9 Å². The number of hydrogen-bond acceptors (Lipinski definition) is 4. The van der Waals surface area contributed by atoms with Crippen molar-refractivity contribution in [2.75, 3.05) is 7.05 Å². The highest BCUT2D eigenvalue weighted by Crippen LogP contribution is 2.18. The molecule has 2 aromatic rings. The summed E-state index contributed by atoms with van der Waals surface area (Å²) in [6, 6.07) is 9.16. The molecule has 0 saturated carbocycles. The number of hydrogen-bond donors (Lipinski definition) is 1. The van der Waals surface area contributed by atoms with E-state index in [0.717, 1.165) is 18.7 Å². The number of nitrogens with one attached hydrogen (secondary N) is 1. The zero-order chi connectivity index (χ0) is 17.0. The van der Waals surface area contributed by atoms with Crippen molar-refractivity contribution in [3.05, 3.63) is 51.7 Å². The van der Waals surface area contributed by atoms with Crippen LogP contribution in [0.25, 0.3) is 0 Å². The van der Waals surface area contributed by atoms with E-state index in [4.69, 9.17) is 0 Å². The highest BCUT2D eigenvalue weighted by atomic mass is 32.2. The van der Waals surface area contributed by atoms with E-state index in [0.29, 0.717) is 4.90 Å². The minimum Gasteiger partial charge on any atom is -0.308 e. The Balaban J connectivity index is 1.98. The molecule has 1 N–H and O–H groups in total. The molecule has 0 aliphatic heterocycles. The van der Waals surface area contributed by atoms with E-state index in [1.165, 1.54) is 14.7 Å². The van der Waals surface area contributed by atoms with Gasteiger partial charge in [0.1, 0.15) is 0 Å². The highest BCUT2D eigenvalue weighted by molar-refractivity contribution is 7.89. The molecule has 4 nitrogen and oxygen atoms in total. The Labute approximate surface area is 143 Å². The Morgan fingerprint density at radius 3 is 2.30 bits per heavy atom. The first kappa shape index (κ1) is 18.1. The molecule has 23 heavy (non-hydrogen) atoms. The number of aryl methyl sites for hydroxylation is 1. The third-order valence-corrected chi connectivity index (χ3v) is 6.98. The fourth-order valence-corrected chi connectivity index (χ4v) is 4.37. The maximum absolute atomic E-state index is 12.4. The van der Waals surface area contributed by atoms with Crippen molar-refractivity contribution in [1.82, 2.24) is 9.62 Å². The molecule has 1 heterocycles. The van der Waals surface area contributed by atoms with Crippen molar-refractivity contribution < 1.29 is 8.42 Å². The Kier molecular flexibility index (Phi) is 5.97. The lowest BCUT2D eigenvalue weighted by Gasteiger charge is -2.21. The normalized spacial score (nSPS) is 12.3. The van der Waals surface area contributed by atoms with Crippen molar-refractivity contribution in [3.63, 3.8) is 0 Å². The van der Waals surface area contributed by atoms with Crippen molar-refractivity contribution in [1.29, 1.82) is 0 Å². The molecule has 0 atom stereocenters. The average molecular weight is 353 g/mol. The maximum Gasteiger partial charge on any atom is 0.243 e. The smallest absolute Gasteiger partial charge is 0.243 e. The lowest BCUT2D eigenvalue weighted by atomic mass is 10.2. The van der Waals surface area contributed by atoms with Gasteiger partial charge in [-0.15, -0.1) is 11.3 Å². The van der Waals surface area contributed by atoms with E-state index in [1.54, 1.807) is 30.5 Å². The molecule has 0 fully saturated rings. The summed E-state index contributed by atoms with van der Waals surface area (Å²) in [7, 11) is -1.79. The van der Waals surface area contributed by atoms with Crippen molar-refractivity contribution in [2.45, 2.75) is 44.8 Å². The first-order chi connectivity index (χ1) is 10.8. The topological polar surface area (TPSA) is 49.4 Å². The summed E-state index contributed by atoms with van der Waals surface area (Å²) in [6.45, 7) is 7.39. The SMILES string of the molecule is Cc1ccsc1CNCc1ccc(S(=O)(=O)N(C)C(C)C)cc1. The minimum absolute atomic E-state index is 0.0598. The molecule has 0 amide bonds. The van der Waals surface area contributed by atoms with Gasteiger partial charge in [0.15, 0.2) is 0 Å². The molecule has 0 saturated heterocycles. The van der Waals surface area contributed by atoms with Gasteiger partial charge >= 0.3 is 0 Å². The molecule has 6 heteroatoms. The summed E-state index contributed by atoms with van der Waals surface area (Å²) in [5.41, 5.74) is 2.38. The third kappa shape index (κ3) is 4.41. The van der Waals surface area contributed by atoms with Crippen molar-refractivity contribution >= 4 is 21.4 Å². The predicted octanol–water partition coefficient (Wildman–Crippen LogP) is 3.38. The minimum atomic E-state index is -3.40. The van der Waals surface area contributed by atoms with Crippen LogP contribution in [0.15, 0.2) is 40.6 Å². The summed E-state index contributed by atoms with van der Waals surface area (Å²) in [5, 5.41) is 5.49. The van der Waals surface area contributed by atoms with Crippen LogP contribution in [0, 0.1) is 6.92 Å². The van der Waals surface area contributed by atoms with E-state index in [2.05, 4.69) is 23.7 Å². The van der Waals surface area contributed by atoms with Crippen LogP contribution in [-0.4, -0.2) is 25.8 Å². The van der Waals surface area contributed by atoms with Gasteiger partial charge < -0.3 is 5.32 Å². The standard InChI is InChI=1S/C17H24N2O2S2/c1-13(2)19(4)23(20,21)16-7-5-15(6-8-16)11-18-12-17-14(3)9-10-22-17/h5-10,13,18H,11-12H2,1-4H3. The van der Waals surface area contributed by atoms with Crippen LogP contribution >= 0.6 is 11.3 Å². The van der Waals surface area contributed by atoms with E-state index >= 15 is 0 Å². The number of benzene rings is 1. The molecule has 126 valence electrons. The van der Waals surface area contributed by atoms with Gasteiger partial charge in [0.05, 0.1) is 4.90 Å². The molecule has 0 unspecified atom stereocenters. The number of sulfonamides is 1. The fourth-order valence-electron chi connectivity index (χ4n) is 2.13. The van der Waals surface area contributed by atoms with E-state index in [-0.39, 0.29) is 6.04 Å². The van der Waals surface area contributed by atoms with Gasteiger partial charge in [0.2, 0.25) is 10.0 Å². The summed E-state index contributed by atoms with van der Waals surface area (Å²) in [5.74, 6) is 0. The molecule has 0 spiro atoms. The second-order valence-corrected chi connectivity index (χ2v) is 8.89. The van der Waals surface area contributed by atoms with Crippen molar-refractivity contribution in [3.8, 4) is 0 Å². The Hall–Kier alpha value is -1.21. The summed E-state index contributed by atoms with van der Waals surface area (Å²) < 4.78 is 26.2. The van der Waals surface area contributed by atoms with Crippen LogP contribution in [0.2, 0.25) is 0 Å². The molecule has 2 rings (SSSR count). The van der Waals surface area contributed by atoms with Gasteiger partial charge in [-0.25, -0.2) is 8.42 Å². The second kappa shape index (κ2) is 7.57. The summed E-state index contributed by atoms with van der Waals surface area (Å²) in [4.78, 5) is 1.68. The van der Waals surface area contributed by atoms with Gasteiger partial charge in [0, 0.05) is 31.1 Å². The Morgan fingerprint density at radius 2 is 1.78 bits per heavy atom. The van der Waals surface area contributed by atoms with Crippen LogP contribution < -0.4 is 5.32 Å². The zero-order valence-corrected chi connectivity index (χ0v) is 15.7. The van der Waals surface area contributed by atoms with Crippen LogP contribution in [0.4, 0.5) is 0 Å². The molecule has 1 aromatic carbocycles. The quantitative estimate of drug-likeness (QED) is 0.831. The van der Waals surface area contributed by atoms with Crippen LogP contribution in [0.5, 0.6) is 0 Å². The second-order valence-electron chi connectivity index (χ2n) is 5.89. The van der Waals surface area contributed by atoms with Gasteiger partial charge in [-0.1, -0.05) is 12.1 Å². The maximum atomic E-state index is 12.4. The first-order valence-corrected chi connectivity index (χ1v) is 9.95. The lowest BCUT2D eigenvalue weighted by molar-refractivity contribution is 0.410. The van der Waals surface area contributed by atoms with E-state index in [9.17, 15) is 8.42 Å². The highest BCUT2D eigenvalue weighted by Gasteiger charge is 2.22. The molecule has 0 aliphatic rings. The fraction of sp³-hybridized carbons (Fsp3) is 0.412. The lowest BCUT2D eigenvalue weighted by Crippen LogP contribution is -2.33. The molecular formula is C17H24N2O2S2. The van der Waals surface area contributed by atoms with Crippen LogP contribution in [0.3, 0.4) is 0 Å². The average Bonchev–Trinajstić information content (AvgIpc) is 2.92. The Bertz CT molecular complexity index is 734. The molecule has 0 aliphatic carbocycles. The first-order valence-electron chi connectivity index (χ1n) is 7.63. The van der Waals surface area contributed by atoms with Gasteiger partial charge in [-0.2, -0.15) is 4.31 Å². The number of rotatable bonds is 7. The molecule has 0 radical (unpaired) electrons. The van der Waals surface area contributed by atoms with Crippen molar-refractivity contribution in [2.24, 2.45) is 0 Å². The largest absolute Gasteiger partial charge is 0.308 e. The van der Waals surface area contributed by atoms with E-state index < -0.39 is 10.0 Å². The van der Waals surface area contributed by atoms with Gasteiger partial charge in [0.25, 0.3) is 0 Å². The zero-order valence-electron chi connectivity index (χ0n) is 14.0. The molecule has 1 aromatic heterocycles. The summed E-state index contributed by atoms with van der Waals surface area (Å²) in [6.07, 6.45) is 0. The van der Waals surface area contributed by atoms with E-state index in [1.807, 2.05) is 26.0 Å². The number of thiophene rings is 1. The number of nitrogens with zero attached hydrogens (tertiary/aromatic N) is 1. The van der Waals surface area contributed by atoms with Crippen LogP contribution in [-0.2, 0) is 23.1 Å². The molecular weight excluding hydrogens is 328 g/mol. The van der Waals surface area contributed by atoms with Gasteiger partial charge in [-0.05, 0) is 55.5 Å². The Morgan fingerprint density at radius 1 is 1.13 bits per heavy atom. The predicted molar refractivity (Wildman–Crippen MR) is 96.1 cm³/mol. The molecule has 0 bridgehead atoms.